The van der Waals surface area contributed by atoms with Crippen molar-refractivity contribution >= 4 is 27.3 Å². The SMILES string of the molecule is CNC(=O)c1cc(S(=O)(=O)N2CCc3oc(C(C)C)nc3C2)cs1. The van der Waals surface area contributed by atoms with E-state index in [2.05, 4.69) is 10.3 Å². The van der Waals surface area contributed by atoms with Crippen molar-refractivity contribution in [2.75, 3.05) is 13.6 Å². The molecule has 0 saturated carbocycles. The smallest absolute Gasteiger partial charge is 0.261 e. The van der Waals surface area contributed by atoms with Crippen LogP contribution in [0.1, 0.15) is 46.8 Å². The summed E-state index contributed by atoms with van der Waals surface area (Å²) in [6, 6.07) is 1.41. The van der Waals surface area contributed by atoms with Crippen molar-refractivity contribution in [2.24, 2.45) is 0 Å². The van der Waals surface area contributed by atoms with Crippen LogP contribution in [0.4, 0.5) is 0 Å². The van der Waals surface area contributed by atoms with Gasteiger partial charge in [-0.15, -0.1) is 11.3 Å². The molecule has 7 nitrogen and oxygen atoms in total. The lowest BCUT2D eigenvalue weighted by atomic mass is 10.2. The van der Waals surface area contributed by atoms with E-state index in [-0.39, 0.29) is 23.3 Å². The highest BCUT2D eigenvalue weighted by molar-refractivity contribution is 7.89. The first kappa shape index (κ1) is 17.1. The summed E-state index contributed by atoms with van der Waals surface area (Å²) in [5, 5.41) is 3.99. The second-order valence-electron chi connectivity index (χ2n) is 5.89. The van der Waals surface area contributed by atoms with Gasteiger partial charge in [-0.05, 0) is 6.07 Å². The lowest BCUT2D eigenvalue weighted by Crippen LogP contribution is -2.35. The number of amides is 1. The fourth-order valence-electron chi connectivity index (χ4n) is 2.49. The highest BCUT2D eigenvalue weighted by Gasteiger charge is 2.32. The third-order valence-electron chi connectivity index (χ3n) is 3.87. The van der Waals surface area contributed by atoms with Gasteiger partial charge in [0.1, 0.15) is 5.76 Å². The fraction of sp³-hybridized carbons (Fsp3) is 0.467. The molecule has 0 spiro atoms. The van der Waals surface area contributed by atoms with Crippen LogP contribution in [0.3, 0.4) is 0 Å². The Morgan fingerprint density at radius 2 is 2.21 bits per heavy atom. The monoisotopic (exact) mass is 369 g/mol. The second kappa shape index (κ2) is 6.30. The number of aromatic nitrogens is 1. The largest absolute Gasteiger partial charge is 0.445 e. The van der Waals surface area contributed by atoms with Gasteiger partial charge in [-0.1, -0.05) is 13.8 Å². The molecule has 0 aromatic carbocycles. The minimum atomic E-state index is -3.65. The molecule has 0 saturated heterocycles. The Bertz CT molecular complexity index is 867. The Labute approximate surface area is 144 Å². The molecule has 0 bridgehead atoms. The number of hydrogen-bond donors (Lipinski definition) is 1. The zero-order valence-electron chi connectivity index (χ0n) is 13.7. The summed E-state index contributed by atoms with van der Waals surface area (Å²) >= 11 is 1.11. The Hall–Kier alpha value is -1.71. The van der Waals surface area contributed by atoms with Crippen molar-refractivity contribution in [3.8, 4) is 0 Å². The number of fused-ring (bicyclic) bond motifs is 1. The van der Waals surface area contributed by atoms with Crippen molar-refractivity contribution in [3.05, 3.63) is 33.7 Å². The molecule has 0 fully saturated rings. The second-order valence-corrected chi connectivity index (χ2v) is 8.74. The Balaban J connectivity index is 1.85. The van der Waals surface area contributed by atoms with Gasteiger partial charge in [-0.2, -0.15) is 4.31 Å². The normalized spacial score (nSPS) is 15.5. The van der Waals surface area contributed by atoms with Crippen LogP contribution in [0, 0.1) is 0 Å². The number of hydrogen-bond acceptors (Lipinski definition) is 6. The van der Waals surface area contributed by atoms with Crippen molar-refractivity contribution < 1.29 is 17.6 Å². The summed E-state index contributed by atoms with van der Waals surface area (Å²) in [5.74, 6) is 1.27. The van der Waals surface area contributed by atoms with Crippen molar-refractivity contribution in [1.29, 1.82) is 0 Å². The molecule has 1 aliphatic rings. The maximum Gasteiger partial charge on any atom is 0.261 e. The van der Waals surface area contributed by atoms with E-state index in [0.29, 0.717) is 29.4 Å². The van der Waals surface area contributed by atoms with Gasteiger partial charge in [0.05, 0.1) is 22.0 Å². The average Bonchev–Trinajstić information content (AvgIpc) is 3.20. The van der Waals surface area contributed by atoms with Gasteiger partial charge in [-0.3, -0.25) is 4.79 Å². The van der Waals surface area contributed by atoms with Crippen LogP contribution in [-0.2, 0) is 23.0 Å². The van der Waals surface area contributed by atoms with Gasteiger partial charge in [0.2, 0.25) is 10.0 Å². The molecule has 3 heterocycles. The van der Waals surface area contributed by atoms with Crippen LogP contribution in [0.15, 0.2) is 20.8 Å². The lowest BCUT2D eigenvalue weighted by molar-refractivity contribution is 0.0967. The van der Waals surface area contributed by atoms with E-state index in [4.69, 9.17) is 4.42 Å². The summed E-state index contributed by atoms with van der Waals surface area (Å²) in [5.41, 5.74) is 0.676. The van der Waals surface area contributed by atoms with Crippen LogP contribution in [0.2, 0.25) is 0 Å². The molecule has 0 radical (unpaired) electrons. The molecular weight excluding hydrogens is 350 g/mol. The molecule has 2 aromatic rings. The summed E-state index contributed by atoms with van der Waals surface area (Å²) in [4.78, 5) is 16.6. The van der Waals surface area contributed by atoms with Crippen LogP contribution >= 0.6 is 11.3 Å². The predicted octanol–water partition coefficient (Wildman–Crippen LogP) is 1.97. The molecule has 0 atom stereocenters. The number of carbonyl (C=O) groups excluding carboxylic acids is 1. The van der Waals surface area contributed by atoms with Crippen LogP contribution < -0.4 is 5.32 Å². The molecule has 1 aliphatic heterocycles. The molecule has 0 unspecified atom stereocenters. The molecule has 0 aliphatic carbocycles. The lowest BCUT2D eigenvalue weighted by Gasteiger charge is -2.24. The van der Waals surface area contributed by atoms with Crippen LogP contribution in [0.25, 0.3) is 0 Å². The Morgan fingerprint density at radius 1 is 1.46 bits per heavy atom. The predicted molar refractivity (Wildman–Crippen MR) is 89.6 cm³/mol. The van der Waals surface area contributed by atoms with E-state index < -0.39 is 10.0 Å². The molecule has 3 rings (SSSR count). The fourth-order valence-corrected chi connectivity index (χ4v) is 5.10. The first-order valence-electron chi connectivity index (χ1n) is 7.62. The molecule has 1 N–H and O–H groups in total. The third-order valence-corrected chi connectivity index (χ3v) is 6.77. The topological polar surface area (TPSA) is 92.5 Å². The zero-order valence-corrected chi connectivity index (χ0v) is 15.3. The van der Waals surface area contributed by atoms with Gasteiger partial charge < -0.3 is 9.73 Å². The quantitative estimate of drug-likeness (QED) is 0.889. The Kier molecular flexibility index (Phi) is 4.50. The number of sulfonamides is 1. The first-order chi connectivity index (χ1) is 11.3. The minimum absolute atomic E-state index is 0.141. The van der Waals surface area contributed by atoms with Gasteiger partial charge in [-0.25, -0.2) is 13.4 Å². The molecule has 9 heteroatoms. The molecule has 130 valence electrons. The number of nitrogens with one attached hydrogen (secondary N) is 1. The Morgan fingerprint density at radius 3 is 2.88 bits per heavy atom. The van der Waals surface area contributed by atoms with Crippen LogP contribution in [0.5, 0.6) is 0 Å². The third kappa shape index (κ3) is 2.99. The van der Waals surface area contributed by atoms with Crippen molar-refractivity contribution in [3.63, 3.8) is 0 Å². The van der Waals surface area contributed by atoms with E-state index in [9.17, 15) is 13.2 Å². The molecular formula is C15H19N3O4S2. The van der Waals surface area contributed by atoms with Gasteiger partial charge >= 0.3 is 0 Å². The average molecular weight is 369 g/mol. The van der Waals surface area contributed by atoms with Gasteiger partial charge in [0, 0.05) is 31.3 Å². The van der Waals surface area contributed by atoms with Crippen molar-refractivity contribution in [2.45, 2.75) is 37.6 Å². The zero-order chi connectivity index (χ0) is 17.5. The van der Waals surface area contributed by atoms with E-state index in [0.717, 1.165) is 17.1 Å². The number of nitrogens with zero attached hydrogens (tertiary/aromatic N) is 2. The van der Waals surface area contributed by atoms with Crippen LogP contribution in [-0.4, -0.2) is 37.2 Å². The van der Waals surface area contributed by atoms with Crippen molar-refractivity contribution in [1.82, 2.24) is 14.6 Å². The van der Waals surface area contributed by atoms with E-state index in [1.165, 1.54) is 22.8 Å². The highest BCUT2D eigenvalue weighted by Crippen LogP contribution is 2.29. The van der Waals surface area contributed by atoms with E-state index in [1.54, 1.807) is 0 Å². The summed E-state index contributed by atoms with van der Waals surface area (Å²) < 4.78 is 32.7. The molecule has 2 aromatic heterocycles. The summed E-state index contributed by atoms with van der Waals surface area (Å²) in [7, 11) is -2.14. The molecule has 24 heavy (non-hydrogen) atoms. The number of thiophene rings is 1. The highest BCUT2D eigenvalue weighted by atomic mass is 32.2. The maximum absolute atomic E-state index is 12.8. The molecule has 1 amide bonds. The summed E-state index contributed by atoms with van der Waals surface area (Å²) in [6.45, 7) is 4.50. The standard InChI is InChI=1S/C15H19N3O4S2/c1-9(2)15-17-11-7-18(5-4-12(11)22-15)24(20,21)10-6-13(23-8-10)14(19)16-3/h6,8-9H,4-5,7H2,1-3H3,(H,16,19). The maximum atomic E-state index is 12.8. The number of carbonyl (C=O) groups is 1. The minimum Gasteiger partial charge on any atom is -0.445 e. The van der Waals surface area contributed by atoms with Gasteiger partial charge in [0.15, 0.2) is 5.89 Å². The van der Waals surface area contributed by atoms with E-state index >= 15 is 0 Å². The summed E-state index contributed by atoms with van der Waals surface area (Å²) in [6.07, 6.45) is 0.501. The first-order valence-corrected chi connectivity index (χ1v) is 9.94. The van der Waals surface area contributed by atoms with E-state index in [1.807, 2.05) is 13.8 Å². The number of oxazole rings is 1. The number of rotatable bonds is 4. The van der Waals surface area contributed by atoms with Gasteiger partial charge in [0.25, 0.3) is 5.91 Å².